The lowest BCUT2D eigenvalue weighted by Crippen LogP contribution is -2.22. The van der Waals surface area contributed by atoms with Crippen LogP contribution in [0.5, 0.6) is 0 Å². The summed E-state index contributed by atoms with van der Waals surface area (Å²) >= 11 is 2.03. The molecule has 0 saturated carbocycles. The maximum absolute atomic E-state index is 4.80. The quantitative estimate of drug-likeness (QED) is 0.210. The first-order valence-electron chi connectivity index (χ1n) is 1.06. The van der Waals surface area contributed by atoms with Crippen molar-refractivity contribution in [2.45, 2.75) is 0 Å². The van der Waals surface area contributed by atoms with Crippen LogP contribution in [0.1, 0.15) is 0 Å². The molecule has 0 amide bonds. The van der Waals surface area contributed by atoms with E-state index in [1.54, 1.807) is 0 Å². The first kappa shape index (κ1) is 4.80. The lowest BCUT2D eigenvalue weighted by atomic mass is 11.1. The normalized spacial score (nSPS) is 6.40. The Bertz CT molecular complexity index is 44.9. The van der Waals surface area contributed by atoms with Gasteiger partial charge in [0.05, 0.1) is 0 Å². The van der Waals surface area contributed by atoms with Gasteiger partial charge in [0.1, 0.15) is 0 Å². The summed E-state index contributed by atoms with van der Waals surface area (Å²) in [6.45, 7) is 0. The van der Waals surface area contributed by atoms with Crippen molar-refractivity contribution >= 4 is 22.5 Å². The van der Waals surface area contributed by atoms with Gasteiger partial charge in [-0.05, 0) is 0 Å². The molecular formula is CH4AlN3. The lowest BCUT2D eigenvalue weighted by molar-refractivity contribution is 1.53. The van der Waals surface area contributed by atoms with Gasteiger partial charge in [0.2, 0.25) is 0 Å². The Morgan fingerprint density at radius 3 is 1.80 bits per heavy atom. The molecule has 0 aliphatic heterocycles. The molecule has 3 nitrogen and oxygen atoms in total. The minimum atomic E-state index is 0.0926. The average molecular weight is 85.0 g/mol. The first-order chi connectivity index (χ1) is 2.27. The molecular weight excluding hydrogens is 81.0 g/mol. The highest BCUT2D eigenvalue weighted by atomic mass is 27.1. The molecule has 26 valence electrons. The Kier molecular flexibility index (Phi) is 1.98. The summed E-state index contributed by atoms with van der Waals surface area (Å²) in [5, 5.41) is 0. The van der Waals surface area contributed by atoms with Crippen molar-refractivity contribution in [3.63, 3.8) is 0 Å². The molecule has 4 N–H and O–H groups in total. The second-order valence-electron chi connectivity index (χ2n) is 0.554. The van der Waals surface area contributed by atoms with E-state index in [1.165, 1.54) is 0 Å². The first-order valence-corrected chi connectivity index (χ1v) is 1.58. The van der Waals surface area contributed by atoms with E-state index in [0.717, 1.165) is 0 Å². The van der Waals surface area contributed by atoms with Crippen molar-refractivity contribution in [1.82, 2.24) is 0 Å². The number of hydrogen-bond acceptors (Lipinski definition) is 1. The maximum atomic E-state index is 4.80. The standard InChI is InChI=1S/CH4N3.Al/c2-1(3)4;/h(H4-,2,3,4);/q-1;+1. The van der Waals surface area contributed by atoms with E-state index in [9.17, 15) is 0 Å². The summed E-state index contributed by atoms with van der Waals surface area (Å²) < 4.78 is 3.28. The van der Waals surface area contributed by atoms with Gasteiger partial charge >= 0.3 is 16.5 Å². The zero-order valence-corrected chi connectivity index (χ0v) is 3.83. The Balaban J connectivity index is 3.14. The highest BCUT2D eigenvalue weighted by Gasteiger charge is 1.60. The van der Waals surface area contributed by atoms with Crippen LogP contribution in [-0.2, 0) is 0 Å². The largest absolute Gasteiger partial charge is 0.400 e. The predicted octanol–water partition coefficient (Wildman–Crippen LogP) is -1.66. The van der Waals surface area contributed by atoms with Gasteiger partial charge in [-0.2, -0.15) is 0 Å². The Hall–Kier alpha value is -0.198. The molecule has 0 bridgehead atoms. The van der Waals surface area contributed by atoms with Crippen LogP contribution in [0.25, 0.3) is 0 Å². The third kappa shape index (κ3) is 3.80. The van der Waals surface area contributed by atoms with E-state index in [4.69, 9.17) is 11.5 Å². The van der Waals surface area contributed by atoms with Gasteiger partial charge in [0.15, 0.2) is 5.96 Å². The smallest absolute Gasteiger partial charge is 0.351 e. The number of nitrogens with two attached hydrogens (primary N) is 2. The fourth-order valence-corrected chi connectivity index (χ4v) is 0. The van der Waals surface area contributed by atoms with Gasteiger partial charge in [-0.15, -0.1) is 0 Å². The number of nitrogens with zero attached hydrogens (tertiary/aromatic N) is 1. The SMILES string of the molecule is NC(N)=[N][Al]. The third-order valence-electron chi connectivity index (χ3n) is 0.149. The lowest BCUT2D eigenvalue weighted by Gasteiger charge is -1.79. The van der Waals surface area contributed by atoms with E-state index in [-0.39, 0.29) is 5.96 Å². The van der Waals surface area contributed by atoms with Crippen molar-refractivity contribution in [1.29, 1.82) is 0 Å². The molecule has 4 heteroatoms. The van der Waals surface area contributed by atoms with Gasteiger partial charge in [0.25, 0.3) is 0 Å². The van der Waals surface area contributed by atoms with Crippen molar-refractivity contribution in [2.75, 3.05) is 0 Å². The van der Waals surface area contributed by atoms with Crippen LogP contribution < -0.4 is 11.5 Å². The molecule has 0 aromatic rings. The Morgan fingerprint density at radius 1 is 1.60 bits per heavy atom. The highest BCUT2D eigenvalue weighted by Crippen LogP contribution is 1.37. The minimum absolute atomic E-state index is 0.0926. The zero-order chi connectivity index (χ0) is 4.28. The molecule has 0 atom stereocenters. The maximum Gasteiger partial charge on any atom is 0.351 e. The Labute approximate surface area is 38.7 Å². The second-order valence-corrected chi connectivity index (χ2v) is 0.812. The van der Waals surface area contributed by atoms with Crippen molar-refractivity contribution in [3.05, 3.63) is 0 Å². The summed E-state index contributed by atoms with van der Waals surface area (Å²) in [7, 11) is 0. The molecule has 0 aliphatic rings. The summed E-state index contributed by atoms with van der Waals surface area (Å²) in [6, 6.07) is 0. The molecule has 0 spiro atoms. The number of guanidine groups is 1. The van der Waals surface area contributed by atoms with E-state index < -0.39 is 0 Å². The van der Waals surface area contributed by atoms with Gasteiger partial charge in [0, 0.05) is 0 Å². The summed E-state index contributed by atoms with van der Waals surface area (Å²) in [6.07, 6.45) is 0. The monoisotopic (exact) mass is 85.0 g/mol. The second kappa shape index (κ2) is 2.07. The van der Waals surface area contributed by atoms with E-state index >= 15 is 0 Å². The van der Waals surface area contributed by atoms with Crippen LogP contribution in [0, 0.1) is 0 Å². The Morgan fingerprint density at radius 2 is 1.80 bits per heavy atom. The molecule has 0 aromatic carbocycles. The van der Waals surface area contributed by atoms with Crippen molar-refractivity contribution < 1.29 is 0 Å². The van der Waals surface area contributed by atoms with Gasteiger partial charge in [-0.3, -0.25) is 0 Å². The number of rotatable bonds is 0. The summed E-state index contributed by atoms with van der Waals surface area (Å²) in [5.41, 5.74) is 9.60. The molecule has 5 heavy (non-hydrogen) atoms. The van der Waals surface area contributed by atoms with E-state index in [2.05, 4.69) is 3.98 Å². The fourth-order valence-electron chi connectivity index (χ4n) is 0. The van der Waals surface area contributed by atoms with E-state index in [0.29, 0.717) is 0 Å². The third-order valence-corrected chi connectivity index (χ3v) is 0.447. The molecule has 0 fully saturated rings. The summed E-state index contributed by atoms with van der Waals surface area (Å²) in [4.78, 5) is 0. The van der Waals surface area contributed by atoms with E-state index in [1.807, 2.05) is 16.5 Å². The zero-order valence-electron chi connectivity index (χ0n) is 2.68. The molecule has 0 rings (SSSR count). The minimum Gasteiger partial charge on any atom is -0.400 e. The van der Waals surface area contributed by atoms with Gasteiger partial charge in [-0.1, -0.05) is 0 Å². The number of hydrogen-bond donors (Lipinski definition) is 2. The molecule has 0 heterocycles. The molecule has 0 aliphatic carbocycles. The van der Waals surface area contributed by atoms with Crippen molar-refractivity contribution in [2.24, 2.45) is 15.4 Å². The topological polar surface area (TPSA) is 64.4 Å². The van der Waals surface area contributed by atoms with Crippen LogP contribution in [0.2, 0.25) is 0 Å². The van der Waals surface area contributed by atoms with Crippen LogP contribution >= 0.6 is 0 Å². The predicted molar refractivity (Wildman–Crippen MR) is 21.6 cm³/mol. The molecule has 0 unspecified atom stereocenters. The molecule has 0 aromatic heterocycles. The molecule has 0 saturated heterocycles. The fraction of sp³-hybridized carbons (Fsp3) is 0. The highest BCUT2D eigenvalue weighted by molar-refractivity contribution is 6.11. The van der Waals surface area contributed by atoms with Crippen LogP contribution in [0.4, 0.5) is 0 Å². The van der Waals surface area contributed by atoms with Crippen LogP contribution in [-0.4, -0.2) is 22.5 Å². The molecule has 2 radical (unpaired) electrons. The summed E-state index contributed by atoms with van der Waals surface area (Å²) in [5.74, 6) is 0.0926. The van der Waals surface area contributed by atoms with Crippen LogP contribution in [0.15, 0.2) is 3.98 Å². The van der Waals surface area contributed by atoms with Gasteiger partial charge < -0.3 is 15.4 Å². The van der Waals surface area contributed by atoms with Gasteiger partial charge in [-0.25, -0.2) is 0 Å². The average Bonchev–Trinajstić information content (AvgIpc) is 1.38. The van der Waals surface area contributed by atoms with Crippen LogP contribution in [0.3, 0.4) is 0 Å². The van der Waals surface area contributed by atoms with Crippen molar-refractivity contribution in [3.8, 4) is 0 Å².